The molecule has 0 aliphatic heterocycles. The molecule has 4 rings (SSSR count). The Kier molecular flexibility index (Phi) is 5.60. The molecule has 0 bridgehead atoms. The maximum absolute atomic E-state index is 10.8. The SMILES string of the molecule is CCCCCc1c(O)c(O)n(CCCn2ccnc2)c1-c1c[nH]c2ccccc12. The number of imidazole rings is 1. The van der Waals surface area contributed by atoms with E-state index >= 15 is 0 Å². The fraction of sp³-hybridized carbons (Fsp3) is 0.348. The van der Waals surface area contributed by atoms with Crippen LogP contribution in [0.3, 0.4) is 0 Å². The van der Waals surface area contributed by atoms with E-state index in [1.807, 2.05) is 39.7 Å². The summed E-state index contributed by atoms with van der Waals surface area (Å²) in [5, 5.41) is 22.6. The van der Waals surface area contributed by atoms with Gasteiger partial charge in [-0.1, -0.05) is 38.0 Å². The number of aryl methyl sites for hydroxylation is 1. The van der Waals surface area contributed by atoms with Crippen molar-refractivity contribution in [3.05, 3.63) is 54.7 Å². The summed E-state index contributed by atoms with van der Waals surface area (Å²) in [4.78, 5) is 7.41. The lowest BCUT2D eigenvalue weighted by molar-refractivity contribution is 0.367. The van der Waals surface area contributed by atoms with Crippen LogP contribution in [0.4, 0.5) is 0 Å². The molecule has 29 heavy (non-hydrogen) atoms. The molecule has 0 saturated heterocycles. The van der Waals surface area contributed by atoms with Crippen LogP contribution in [-0.2, 0) is 19.5 Å². The molecule has 4 aromatic rings. The number of benzene rings is 1. The van der Waals surface area contributed by atoms with Gasteiger partial charge >= 0.3 is 0 Å². The first-order chi connectivity index (χ1) is 14.2. The van der Waals surface area contributed by atoms with Gasteiger partial charge in [-0.2, -0.15) is 0 Å². The van der Waals surface area contributed by atoms with E-state index in [2.05, 4.69) is 23.0 Å². The summed E-state index contributed by atoms with van der Waals surface area (Å²) in [7, 11) is 0. The Balaban J connectivity index is 1.73. The minimum absolute atomic E-state index is 0.0176. The number of nitrogens with one attached hydrogen (secondary N) is 1. The summed E-state index contributed by atoms with van der Waals surface area (Å²) in [6.45, 7) is 3.58. The first kappa shape index (κ1) is 19.2. The number of hydrogen-bond donors (Lipinski definition) is 3. The predicted octanol–water partition coefficient (Wildman–Crippen LogP) is 5.07. The van der Waals surface area contributed by atoms with Crippen LogP contribution in [0.15, 0.2) is 49.2 Å². The zero-order valence-corrected chi connectivity index (χ0v) is 16.8. The fourth-order valence-electron chi connectivity index (χ4n) is 4.06. The molecule has 0 aliphatic rings. The number of H-pyrrole nitrogens is 1. The molecule has 0 saturated carbocycles. The molecule has 6 heteroatoms. The third-order valence-corrected chi connectivity index (χ3v) is 5.54. The minimum atomic E-state index is -0.0394. The summed E-state index contributed by atoms with van der Waals surface area (Å²) in [5.41, 5.74) is 3.82. The van der Waals surface area contributed by atoms with E-state index in [-0.39, 0.29) is 11.6 Å². The number of nitrogens with zero attached hydrogens (tertiary/aromatic N) is 3. The zero-order chi connectivity index (χ0) is 20.2. The van der Waals surface area contributed by atoms with Gasteiger partial charge in [0.2, 0.25) is 5.88 Å². The molecule has 0 spiro atoms. The molecular formula is C23H28N4O2. The first-order valence-electron chi connectivity index (χ1n) is 10.4. The third-order valence-electron chi connectivity index (χ3n) is 5.54. The van der Waals surface area contributed by atoms with E-state index < -0.39 is 0 Å². The van der Waals surface area contributed by atoms with Crippen LogP contribution in [0.1, 0.15) is 38.2 Å². The number of aromatic amines is 1. The largest absolute Gasteiger partial charge is 0.503 e. The summed E-state index contributed by atoms with van der Waals surface area (Å²) < 4.78 is 3.89. The van der Waals surface area contributed by atoms with Crippen molar-refractivity contribution in [1.82, 2.24) is 19.1 Å². The van der Waals surface area contributed by atoms with Gasteiger partial charge in [-0.05, 0) is 25.3 Å². The van der Waals surface area contributed by atoms with Crippen LogP contribution in [0, 0.1) is 0 Å². The second-order valence-electron chi connectivity index (χ2n) is 7.51. The quantitative estimate of drug-likeness (QED) is 0.348. The predicted molar refractivity (Wildman–Crippen MR) is 115 cm³/mol. The van der Waals surface area contributed by atoms with Crippen molar-refractivity contribution in [3.63, 3.8) is 0 Å². The van der Waals surface area contributed by atoms with Gasteiger partial charge in [-0.25, -0.2) is 4.98 Å². The molecule has 152 valence electrons. The number of para-hydroxylation sites is 1. The van der Waals surface area contributed by atoms with Crippen molar-refractivity contribution < 1.29 is 10.2 Å². The molecular weight excluding hydrogens is 364 g/mol. The summed E-state index contributed by atoms with van der Waals surface area (Å²) in [6.07, 6.45) is 12.2. The molecule has 3 N–H and O–H groups in total. The van der Waals surface area contributed by atoms with Crippen molar-refractivity contribution >= 4 is 10.9 Å². The van der Waals surface area contributed by atoms with Crippen molar-refractivity contribution in [3.8, 4) is 22.9 Å². The topological polar surface area (TPSA) is 79.0 Å². The maximum Gasteiger partial charge on any atom is 0.235 e. The van der Waals surface area contributed by atoms with E-state index in [4.69, 9.17) is 0 Å². The number of fused-ring (bicyclic) bond motifs is 1. The molecule has 0 unspecified atom stereocenters. The Morgan fingerprint density at radius 3 is 2.72 bits per heavy atom. The highest BCUT2D eigenvalue weighted by molar-refractivity contribution is 5.96. The van der Waals surface area contributed by atoms with Crippen LogP contribution < -0.4 is 0 Å². The summed E-state index contributed by atoms with van der Waals surface area (Å²) in [6, 6.07) is 8.14. The second kappa shape index (κ2) is 8.47. The number of rotatable bonds is 9. The number of aromatic nitrogens is 4. The normalized spacial score (nSPS) is 11.5. The number of unbranched alkanes of at least 4 members (excludes halogenated alkanes) is 2. The second-order valence-corrected chi connectivity index (χ2v) is 7.51. The number of aromatic hydroxyl groups is 2. The molecule has 0 amide bonds. The lowest BCUT2D eigenvalue weighted by Gasteiger charge is -2.12. The highest BCUT2D eigenvalue weighted by Gasteiger charge is 2.24. The highest BCUT2D eigenvalue weighted by atomic mass is 16.3. The van der Waals surface area contributed by atoms with E-state index in [1.54, 1.807) is 12.5 Å². The van der Waals surface area contributed by atoms with Crippen molar-refractivity contribution in [2.45, 2.75) is 52.1 Å². The van der Waals surface area contributed by atoms with Gasteiger partial charge in [-0.15, -0.1) is 0 Å². The lowest BCUT2D eigenvalue weighted by Crippen LogP contribution is -2.05. The average Bonchev–Trinajstić information content (AvgIpc) is 3.45. The summed E-state index contributed by atoms with van der Waals surface area (Å²) >= 11 is 0. The minimum Gasteiger partial charge on any atom is -0.503 e. The van der Waals surface area contributed by atoms with Crippen LogP contribution in [0.25, 0.3) is 22.2 Å². The van der Waals surface area contributed by atoms with Gasteiger partial charge < -0.3 is 24.3 Å². The Labute approximate surface area is 170 Å². The van der Waals surface area contributed by atoms with Gasteiger partial charge in [0.15, 0.2) is 5.75 Å². The van der Waals surface area contributed by atoms with E-state index in [0.29, 0.717) is 6.54 Å². The molecule has 3 aromatic heterocycles. The molecule has 6 nitrogen and oxygen atoms in total. The Morgan fingerprint density at radius 2 is 1.93 bits per heavy atom. The van der Waals surface area contributed by atoms with E-state index in [9.17, 15) is 10.2 Å². The van der Waals surface area contributed by atoms with E-state index in [1.165, 1.54) is 0 Å². The van der Waals surface area contributed by atoms with Crippen LogP contribution in [0.5, 0.6) is 11.6 Å². The monoisotopic (exact) mass is 392 g/mol. The molecule has 1 aromatic carbocycles. The molecule has 0 fully saturated rings. The lowest BCUT2D eigenvalue weighted by atomic mass is 10.0. The fourth-order valence-corrected chi connectivity index (χ4v) is 4.06. The summed E-state index contributed by atoms with van der Waals surface area (Å²) in [5.74, 6) is -0.0218. The van der Waals surface area contributed by atoms with Gasteiger partial charge in [0.25, 0.3) is 0 Å². The van der Waals surface area contributed by atoms with Gasteiger partial charge in [0.1, 0.15) is 0 Å². The molecule has 3 heterocycles. The first-order valence-corrected chi connectivity index (χ1v) is 10.4. The Morgan fingerprint density at radius 1 is 1.07 bits per heavy atom. The zero-order valence-electron chi connectivity index (χ0n) is 16.8. The third kappa shape index (κ3) is 3.75. The standard InChI is InChI=1S/C23H28N4O2/c1-2-3-4-9-18-21(19-15-25-20-10-6-5-8-17(19)20)27(23(29)22(18)28)13-7-12-26-14-11-24-16-26/h5-6,8,10-11,14-16,25,28-29H,2-4,7,9,12-13H2,1H3. The number of hydrogen-bond acceptors (Lipinski definition) is 3. The maximum atomic E-state index is 10.8. The van der Waals surface area contributed by atoms with Crippen LogP contribution >= 0.6 is 0 Å². The Bertz CT molecular complexity index is 1080. The van der Waals surface area contributed by atoms with Crippen LogP contribution in [0.2, 0.25) is 0 Å². The van der Waals surface area contributed by atoms with Gasteiger partial charge in [0, 0.05) is 53.7 Å². The smallest absolute Gasteiger partial charge is 0.235 e. The highest BCUT2D eigenvalue weighted by Crippen LogP contribution is 2.43. The molecule has 0 radical (unpaired) electrons. The average molecular weight is 393 g/mol. The molecule has 0 aliphatic carbocycles. The van der Waals surface area contributed by atoms with Crippen molar-refractivity contribution in [2.75, 3.05) is 0 Å². The van der Waals surface area contributed by atoms with Crippen LogP contribution in [-0.4, -0.2) is 29.3 Å². The van der Waals surface area contributed by atoms with Crippen molar-refractivity contribution in [2.24, 2.45) is 0 Å². The Hall–Kier alpha value is -3.15. The van der Waals surface area contributed by atoms with Crippen molar-refractivity contribution in [1.29, 1.82) is 0 Å². The van der Waals surface area contributed by atoms with E-state index in [0.717, 1.165) is 66.4 Å². The van der Waals surface area contributed by atoms with Gasteiger partial charge in [-0.3, -0.25) is 0 Å². The molecule has 0 atom stereocenters. The van der Waals surface area contributed by atoms with Gasteiger partial charge in [0.05, 0.1) is 12.0 Å².